The number of hydrogen-bond acceptors (Lipinski definition) is 4. The fourth-order valence-electron chi connectivity index (χ4n) is 1.37. The second-order valence-electron chi connectivity index (χ2n) is 3.70. The molecule has 0 radical (unpaired) electrons. The van der Waals surface area contributed by atoms with E-state index < -0.39 is 0 Å². The number of nitrogens with one attached hydrogen (secondary N) is 1. The molecule has 2 aromatic rings. The van der Waals surface area contributed by atoms with Gasteiger partial charge in [0.1, 0.15) is 0 Å². The SMILES string of the molecule is Cc1noc(CNC(=O)/C=C\c2ccccc2)n1. The van der Waals surface area contributed by atoms with E-state index in [-0.39, 0.29) is 12.5 Å². The summed E-state index contributed by atoms with van der Waals surface area (Å²) in [6, 6.07) is 9.60. The first-order valence-corrected chi connectivity index (χ1v) is 5.54. The van der Waals surface area contributed by atoms with Crippen molar-refractivity contribution in [3.05, 3.63) is 53.7 Å². The van der Waals surface area contributed by atoms with E-state index in [1.165, 1.54) is 6.08 Å². The lowest BCUT2D eigenvalue weighted by atomic mass is 10.2. The molecule has 0 spiro atoms. The van der Waals surface area contributed by atoms with E-state index in [1.807, 2.05) is 30.3 Å². The van der Waals surface area contributed by atoms with Gasteiger partial charge in [-0.1, -0.05) is 35.5 Å². The van der Waals surface area contributed by atoms with Crippen LogP contribution < -0.4 is 5.32 Å². The Kier molecular flexibility index (Phi) is 3.86. The summed E-state index contributed by atoms with van der Waals surface area (Å²) in [7, 11) is 0. The highest BCUT2D eigenvalue weighted by Crippen LogP contribution is 2.00. The second kappa shape index (κ2) is 5.77. The number of carbonyl (C=O) groups is 1. The van der Waals surface area contributed by atoms with Gasteiger partial charge >= 0.3 is 0 Å². The smallest absolute Gasteiger partial charge is 0.246 e. The number of hydrogen-bond donors (Lipinski definition) is 1. The van der Waals surface area contributed by atoms with Crippen LogP contribution in [0.1, 0.15) is 17.3 Å². The predicted octanol–water partition coefficient (Wildman–Crippen LogP) is 1.71. The van der Waals surface area contributed by atoms with Gasteiger partial charge in [-0.25, -0.2) is 0 Å². The first-order valence-electron chi connectivity index (χ1n) is 5.54. The zero-order valence-electron chi connectivity index (χ0n) is 9.96. The maximum atomic E-state index is 11.5. The molecule has 0 aliphatic heterocycles. The van der Waals surface area contributed by atoms with E-state index in [0.29, 0.717) is 11.7 Å². The molecule has 5 heteroatoms. The topological polar surface area (TPSA) is 68.0 Å². The molecule has 1 aromatic heterocycles. The third kappa shape index (κ3) is 3.55. The molecule has 1 aromatic carbocycles. The minimum absolute atomic E-state index is 0.199. The van der Waals surface area contributed by atoms with E-state index in [9.17, 15) is 4.79 Å². The molecular weight excluding hydrogens is 230 g/mol. The lowest BCUT2D eigenvalue weighted by Gasteiger charge is -1.96. The number of aryl methyl sites for hydroxylation is 1. The molecule has 0 aliphatic rings. The van der Waals surface area contributed by atoms with Gasteiger partial charge in [0.05, 0.1) is 6.54 Å². The van der Waals surface area contributed by atoms with Crippen molar-refractivity contribution in [1.29, 1.82) is 0 Å². The van der Waals surface area contributed by atoms with Gasteiger partial charge in [-0.15, -0.1) is 0 Å². The maximum absolute atomic E-state index is 11.5. The lowest BCUT2D eigenvalue weighted by molar-refractivity contribution is -0.116. The Morgan fingerprint density at radius 1 is 1.39 bits per heavy atom. The molecule has 1 N–H and O–H groups in total. The fraction of sp³-hybridized carbons (Fsp3) is 0.154. The van der Waals surface area contributed by atoms with Crippen molar-refractivity contribution < 1.29 is 9.32 Å². The van der Waals surface area contributed by atoms with Crippen LogP contribution in [-0.4, -0.2) is 16.0 Å². The number of carbonyl (C=O) groups excluding carboxylic acids is 1. The van der Waals surface area contributed by atoms with Gasteiger partial charge in [-0.05, 0) is 18.6 Å². The average Bonchev–Trinajstić information content (AvgIpc) is 2.81. The molecule has 0 saturated heterocycles. The van der Waals surface area contributed by atoms with E-state index >= 15 is 0 Å². The third-order valence-corrected chi connectivity index (χ3v) is 2.21. The Morgan fingerprint density at radius 2 is 2.17 bits per heavy atom. The monoisotopic (exact) mass is 243 g/mol. The molecule has 0 atom stereocenters. The molecule has 2 rings (SSSR count). The van der Waals surface area contributed by atoms with Crippen molar-refractivity contribution in [2.24, 2.45) is 0 Å². The standard InChI is InChI=1S/C13H13N3O2/c1-10-15-13(18-16-10)9-14-12(17)8-7-11-5-3-2-4-6-11/h2-8H,9H2,1H3,(H,14,17)/b8-7-. The van der Waals surface area contributed by atoms with Crippen molar-refractivity contribution in [2.45, 2.75) is 13.5 Å². The van der Waals surface area contributed by atoms with Crippen LogP contribution in [0, 0.1) is 6.92 Å². The second-order valence-corrected chi connectivity index (χ2v) is 3.70. The zero-order valence-corrected chi connectivity index (χ0v) is 9.96. The highest BCUT2D eigenvalue weighted by Gasteiger charge is 2.03. The van der Waals surface area contributed by atoms with Crippen molar-refractivity contribution >= 4 is 12.0 Å². The number of amides is 1. The fourth-order valence-corrected chi connectivity index (χ4v) is 1.37. The van der Waals surface area contributed by atoms with Crippen molar-refractivity contribution in [1.82, 2.24) is 15.5 Å². The van der Waals surface area contributed by atoms with Crippen LogP contribution in [0.25, 0.3) is 6.08 Å². The van der Waals surface area contributed by atoms with Crippen LogP contribution in [0.4, 0.5) is 0 Å². The summed E-state index contributed by atoms with van der Waals surface area (Å²) in [6.07, 6.45) is 3.22. The highest BCUT2D eigenvalue weighted by molar-refractivity contribution is 5.91. The van der Waals surface area contributed by atoms with Crippen LogP contribution in [0.3, 0.4) is 0 Å². The van der Waals surface area contributed by atoms with Gasteiger partial charge in [0.15, 0.2) is 5.82 Å². The molecule has 1 amide bonds. The zero-order chi connectivity index (χ0) is 12.8. The number of rotatable bonds is 4. The van der Waals surface area contributed by atoms with Crippen LogP contribution >= 0.6 is 0 Å². The lowest BCUT2D eigenvalue weighted by Crippen LogP contribution is -2.20. The Labute approximate surface area is 105 Å². The summed E-state index contributed by atoms with van der Waals surface area (Å²) >= 11 is 0. The van der Waals surface area contributed by atoms with Crippen LogP contribution in [0.2, 0.25) is 0 Å². The normalized spacial score (nSPS) is 10.7. The Bertz CT molecular complexity index is 546. The van der Waals surface area contributed by atoms with Crippen LogP contribution in [-0.2, 0) is 11.3 Å². The van der Waals surface area contributed by atoms with Crippen LogP contribution in [0.5, 0.6) is 0 Å². The quantitative estimate of drug-likeness (QED) is 0.830. The largest absolute Gasteiger partial charge is 0.343 e. The minimum atomic E-state index is -0.199. The summed E-state index contributed by atoms with van der Waals surface area (Å²) in [5.41, 5.74) is 0.973. The molecule has 18 heavy (non-hydrogen) atoms. The van der Waals surface area contributed by atoms with Gasteiger partial charge < -0.3 is 9.84 Å². The Morgan fingerprint density at radius 3 is 2.83 bits per heavy atom. The summed E-state index contributed by atoms with van der Waals surface area (Å²) in [4.78, 5) is 15.5. The molecule has 1 heterocycles. The first kappa shape index (κ1) is 12.0. The summed E-state index contributed by atoms with van der Waals surface area (Å²) in [5.74, 6) is 0.753. The minimum Gasteiger partial charge on any atom is -0.343 e. The summed E-state index contributed by atoms with van der Waals surface area (Å²) in [6.45, 7) is 1.96. The third-order valence-electron chi connectivity index (χ3n) is 2.21. The van der Waals surface area contributed by atoms with Crippen LogP contribution in [0.15, 0.2) is 40.9 Å². The number of aromatic nitrogens is 2. The molecule has 0 aliphatic carbocycles. The first-order chi connectivity index (χ1) is 8.74. The van der Waals surface area contributed by atoms with Crippen molar-refractivity contribution in [3.8, 4) is 0 Å². The number of nitrogens with zero attached hydrogens (tertiary/aromatic N) is 2. The van der Waals surface area contributed by atoms with Gasteiger partial charge in [-0.2, -0.15) is 4.98 Å². The van der Waals surface area contributed by atoms with E-state index in [1.54, 1.807) is 13.0 Å². The molecule has 5 nitrogen and oxygen atoms in total. The molecule has 0 fully saturated rings. The average molecular weight is 243 g/mol. The molecule has 92 valence electrons. The van der Waals surface area contributed by atoms with Crippen molar-refractivity contribution in [2.75, 3.05) is 0 Å². The van der Waals surface area contributed by atoms with E-state index in [4.69, 9.17) is 4.52 Å². The number of benzene rings is 1. The van der Waals surface area contributed by atoms with E-state index in [0.717, 1.165) is 5.56 Å². The summed E-state index contributed by atoms with van der Waals surface area (Å²) < 4.78 is 4.88. The highest BCUT2D eigenvalue weighted by atomic mass is 16.5. The van der Waals surface area contributed by atoms with Gasteiger partial charge in [-0.3, -0.25) is 4.79 Å². The maximum Gasteiger partial charge on any atom is 0.246 e. The van der Waals surface area contributed by atoms with Gasteiger partial charge in [0.25, 0.3) is 0 Å². The molecule has 0 saturated carbocycles. The Hall–Kier alpha value is -2.43. The molecule has 0 unspecified atom stereocenters. The summed E-state index contributed by atoms with van der Waals surface area (Å²) in [5, 5.41) is 6.29. The predicted molar refractivity (Wildman–Crippen MR) is 66.4 cm³/mol. The van der Waals surface area contributed by atoms with Gasteiger partial charge in [0, 0.05) is 6.08 Å². The molecule has 0 bridgehead atoms. The van der Waals surface area contributed by atoms with Crippen molar-refractivity contribution in [3.63, 3.8) is 0 Å². The Balaban J connectivity index is 1.84. The van der Waals surface area contributed by atoms with Gasteiger partial charge in [0.2, 0.25) is 11.8 Å². The van der Waals surface area contributed by atoms with E-state index in [2.05, 4.69) is 15.5 Å². The molecular formula is C13H13N3O2.